The summed E-state index contributed by atoms with van der Waals surface area (Å²) in [6, 6.07) is 12.7. The van der Waals surface area contributed by atoms with Crippen LogP contribution in [0.4, 0.5) is 5.13 Å². The van der Waals surface area contributed by atoms with Gasteiger partial charge < -0.3 is 10.2 Å². The summed E-state index contributed by atoms with van der Waals surface area (Å²) in [5.41, 5.74) is 2.93. The predicted molar refractivity (Wildman–Crippen MR) is 127 cm³/mol. The highest BCUT2D eigenvalue weighted by Gasteiger charge is 2.27. The Morgan fingerprint density at radius 1 is 1.06 bits per heavy atom. The van der Waals surface area contributed by atoms with Crippen LogP contribution >= 0.6 is 11.3 Å². The number of fused-ring (bicyclic) bond motifs is 1. The molecule has 2 aliphatic heterocycles. The molecule has 4 heterocycles. The monoisotopic (exact) mass is 450 g/mol. The molecule has 1 N–H and O–H groups in total. The van der Waals surface area contributed by atoms with E-state index in [9.17, 15) is 4.79 Å². The van der Waals surface area contributed by atoms with Crippen molar-refractivity contribution in [1.29, 1.82) is 0 Å². The number of carbonyl (C=O) groups excluding carboxylic acids is 1. The average Bonchev–Trinajstić information content (AvgIpc) is 3.54. The normalized spacial score (nSPS) is 19.0. The molecule has 0 saturated carbocycles. The fourth-order valence-electron chi connectivity index (χ4n) is 4.67. The summed E-state index contributed by atoms with van der Waals surface area (Å²) < 4.78 is 1.97. The standard InChI is InChI=1S/C24H30N6OS/c31-22(25-11-6-12-28-16-10-19-7-1-2-8-20(19)17-28)21-9-5-15-30(18-21)24-27-26-23(32-24)29-13-3-4-14-29/h1-4,7-8,13-14,21H,5-6,9-12,15-18H2,(H,25,31). The highest BCUT2D eigenvalue weighted by molar-refractivity contribution is 7.17. The Kier molecular flexibility index (Phi) is 6.50. The maximum atomic E-state index is 12.8. The number of nitrogens with one attached hydrogen (secondary N) is 1. The molecule has 1 atom stereocenters. The van der Waals surface area contributed by atoms with Gasteiger partial charge in [0.1, 0.15) is 0 Å². The van der Waals surface area contributed by atoms with Gasteiger partial charge in [-0.3, -0.25) is 14.3 Å². The molecule has 0 aliphatic carbocycles. The Bertz CT molecular complexity index is 1030. The first-order valence-corrected chi connectivity index (χ1v) is 12.4. The number of hydrogen-bond acceptors (Lipinski definition) is 6. The molecule has 3 aromatic rings. The maximum absolute atomic E-state index is 12.8. The summed E-state index contributed by atoms with van der Waals surface area (Å²) in [5, 5.41) is 13.6. The number of aromatic nitrogens is 3. The van der Waals surface area contributed by atoms with Gasteiger partial charge in [0, 0.05) is 51.7 Å². The van der Waals surface area contributed by atoms with Crippen molar-refractivity contribution < 1.29 is 4.79 Å². The third-order valence-electron chi connectivity index (χ3n) is 6.45. The summed E-state index contributed by atoms with van der Waals surface area (Å²) in [7, 11) is 0. The Morgan fingerprint density at radius 2 is 1.88 bits per heavy atom. The first-order valence-electron chi connectivity index (χ1n) is 11.5. The van der Waals surface area contributed by atoms with Gasteiger partial charge in [0.15, 0.2) is 0 Å². The number of amides is 1. The first-order chi connectivity index (χ1) is 15.8. The van der Waals surface area contributed by atoms with Crippen LogP contribution in [0.3, 0.4) is 0 Å². The molecule has 1 saturated heterocycles. The molecule has 1 fully saturated rings. The zero-order valence-electron chi connectivity index (χ0n) is 18.3. The van der Waals surface area contributed by atoms with E-state index in [0.717, 1.165) is 75.2 Å². The minimum atomic E-state index is 0.0181. The van der Waals surface area contributed by atoms with Gasteiger partial charge in [-0.1, -0.05) is 35.6 Å². The number of carbonyl (C=O) groups is 1. The fraction of sp³-hybridized carbons (Fsp3) is 0.458. The van der Waals surface area contributed by atoms with Crippen molar-refractivity contribution >= 4 is 22.4 Å². The summed E-state index contributed by atoms with van der Waals surface area (Å²) >= 11 is 1.57. The van der Waals surface area contributed by atoms with Crippen molar-refractivity contribution in [2.75, 3.05) is 37.6 Å². The smallest absolute Gasteiger partial charge is 0.224 e. The minimum absolute atomic E-state index is 0.0181. The van der Waals surface area contributed by atoms with E-state index in [1.54, 1.807) is 11.3 Å². The fourth-order valence-corrected chi connectivity index (χ4v) is 5.52. The molecule has 7 nitrogen and oxygen atoms in total. The van der Waals surface area contributed by atoms with Crippen LogP contribution in [0.15, 0.2) is 48.8 Å². The van der Waals surface area contributed by atoms with Crippen LogP contribution in [0.5, 0.6) is 0 Å². The molecule has 2 aromatic heterocycles. The van der Waals surface area contributed by atoms with Crippen LogP contribution < -0.4 is 10.2 Å². The van der Waals surface area contributed by atoms with Gasteiger partial charge in [0.05, 0.1) is 5.92 Å². The van der Waals surface area contributed by atoms with Crippen LogP contribution in [-0.4, -0.2) is 58.3 Å². The number of anilines is 1. The highest BCUT2D eigenvalue weighted by Crippen LogP contribution is 2.28. The molecule has 2 aliphatic rings. The van der Waals surface area contributed by atoms with Crippen molar-refractivity contribution in [2.45, 2.75) is 32.2 Å². The van der Waals surface area contributed by atoms with Crippen LogP contribution in [0.1, 0.15) is 30.4 Å². The van der Waals surface area contributed by atoms with Crippen molar-refractivity contribution in [2.24, 2.45) is 5.92 Å². The van der Waals surface area contributed by atoms with Gasteiger partial charge in [0.2, 0.25) is 16.2 Å². The second-order valence-corrected chi connectivity index (χ2v) is 9.62. The zero-order valence-corrected chi connectivity index (χ0v) is 19.1. The van der Waals surface area contributed by atoms with Crippen LogP contribution in [0.2, 0.25) is 0 Å². The Morgan fingerprint density at radius 3 is 2.75 bits per heavy atom. The number of nitrogens with zero attached hydrogens (tertiary/aromatic N) is 5. The van der Waals surface area contributed by atoms with Crippen LogP contribution in [0.25, 0.3) is 5.13 Å². The summed E-state index contributed by atoms with van der Waals surface area (Å²) in [6.07, 6.45) is 8.00. The van der Waals surface area contributed by atoms with Gasteiger partial charge in [-0.2, -0.15) is 0 Å². The molecular formula is C24H30N6OS. The largest absolute Gasteiger partial charge is 0.356 e. The lowest BCUT2D eigenvalue weighted by atomic mass is 9.97. The van der Waals surface area contributed by atoms with Crippen LogP contribution in [-0.2, 0) is 17.8 Å². The van der Waals surface area contributed by atoms with Gasteiger partial charge >= 0.3 is 0 Å². The van der Waals surface area contributed by atoms with E-state index in [-0.39, 0.29) is 11.8 Å². The second-order valence-electron chi connectivity index (χ2n) is 8.68. The Labute approximate surface area is 193 Å². The van der Waals surface area contributed by atoms with Crippen LogP contribution in [0, 0.1) is 5.92 Å². The lowest BCUT2D eigenvalue weighted by Gasteiger charge is -2.31. The van der Waals surface area contributed by atoms with E-state index in [2.05, 4.69) is 49.6 Å². The lowest BCUT2D eigenvalue weighted by molar-refractivity contribution is -0.125. The van der Waals surface area contributed by atoms with E-state index in [4.69, 9.17) is 0 Å². The first kappa shape index (κ1) is 21.2. The quantitative estimate of drug-likeness (QED) is 0.561. The van der Waals surface area contributed by atoms with Crippen molar-refractivity contribution in [1.82, 2.24) is 25.0 Å². The molecule has 0 radical (unpaired) electrons. The average molecular weight is 451 g/mol. The van der Waals surface area contributed by atoms with Gasteiger partial charge in [-0.05, 0) is 48.9 Å². The molecule has 0 bridgehead atoms. The zero-order chi connectivity index (χ0) is 21.8. The van der Waals surface area contributed by atoms with Crippen molar-refractivity contribution in [3.8, 4) is 5.13 Å². The summed E-state index contributed by atoms with van der Waals surface area (Å²) in [6.45, 7) is 5.54. The molecule has 1 unspecified atom stereocenters. The Balaban J connectivity index is 1.07. The summed E-state index contributed by atoms with van der Waals surface area (Å²) in [5.74, 6) is 0.193. The maximum Gasteiger partial charge on any atom is 0.224 e. The van der Waals surface area contributed by atoms with Gasteiger partial charge in [-0.25, -0.2) is 0 Å². The van der Waals surface area contributed by atoms with E-state index in [0.29, 0.717) is 0 Å². The van der Waals surface area contributed by atoms with Crippen molar-refractivity contribution in [3.05, 3.63) is 59.9 Å². The molecule has 1 amide bonds. The van der Waals surface area contributed by atoms with Gasteiger partial charge in [-0.15, -0.1) is 10.2 Å². The molecule has 0 spiro atoms. The SMILES string of the molecule is O=C(NCCCN1CCc2ccccc2C1)C1CCCN(c2nnc(-n3cccc3)s2)C1. The van der Waals surface area contributed by atoms with E-state index < -0.39 is 0 Å². The number of rotatable bonds is 7. The highest BCUT2D eigenvalue weighted by atomic mass is 32.1. The summed E-state index contributed by atoms with van der Waals surface area (Å²) in [4.78, 5) is 17.5. The third kappa shape index (κ3) is 4.86. The lowest BCUT2D eigenvalue weighted by Crippen LogP contribution is -2.43. The second kappa shape index (κ2) is 9.83. The van der Waals surface area contributed by atoms with E-state index in [1.807, 2.05) is 29.1 Å². The third-order valence-corrected chi connectivity index (χ3v) is 7.45. The number of piperidine rings is 1. The molecule has 5 rings (SSSR count). The van der Waals surface area contributed by atoms with E-state index >= 15 is 0 Å². The molecule has 8 heteroatoms. The van der Waals surface area contributed by atoms with Gasteiger partial charge in [0.25, 0.3) is 0 Å². The predicted octanol–water partition coefficient (Wildman–Crippen LogP) is 3.11. The minimum Gasteiger partial charge on any atom is -0.356 e. The Hall–Kier alpha value is -2.71. The molecule has 1 aromatic carbocycles. The van der Waals surface area contributed by atoms with E-state index in [1.165, 1.54) is 11.1 Å². The molecule has 32 heavy (non-hydrogen) atoms. The topological polar surface area (TPSA) is 66.3 Å². The number of hydrogen-bond donors (Lipinski definition) is 1. The number of benzene rings is 1. The van der Waals surface area contributed by atoms with Crippen molar-refractivity contribution in [3.63, 3.8) is 0 Å². The molecule has 168 valence electrons. The molecular weight excluding hydrogens is 420 g/mol.